The molecule has 0 aliphatic heterocycles. The van der Waals surface area contributed by atoms with Crippen molar-refractivity contribution in [2.45, 2.75) is 19.9 Å². The highest BCUT2D eigenvalue weighted by Crippen LogP contribution is 2.36. The highest BCUT2D eigenvalue weighted by molar-refractivity contribution is 6.36. The van der Waals surface area contributed by atoms with E-state index >= 15 is 0 Å². The Morgan fingerprint density at radius 2 is 1.84 bits per heavy atom. The summed E-state index contributed by atoms with van der Waals surface area (Å²) in [7, 11) is 1.57. The van der Waals surface area contributed by atoms with Crippen molar-refractivity contribution in [2.24, 2.45) is 5.10 Å². The lowest BCUT2D eigenvalue weighted by Crippen LogP contribution is -2.07. The minimum atomic E-state index is 0.414. The quantitative estimate of drug-likeness (QED) is 0.464. The van der Waals surface area contributed by atoms with Crippen molar-refractivity contribution in [3.8, 4) is 11.5 Å². The van der Waals surface area contributed by atoms with Crippen LogP contribution in [0.5, 0.6) is 11.5 Å². The van der Waals surface area contributed by atoms with Gasteiger partial charge >= 0.3 is 0 Å². The molecule has 0 radical (unpaired) electrons. The molecular weight excluding hydrogens is 383 g/mol. The van der Waals surface area contributed by atoms with Crippen LogP contribution in [0.1, 0.15) is 24.5 Å². The first-order valence-corrected chi connectivity index (χ1v) is 8.89. The monoisotopic (exact) mass is 400 g/mol. The fourth-order valence-corrected chi connectivity index (χ4v) is 2.91. The number of hydrogen-bond donors (Lipinski definition) is 1. The number of rotatable bonds is 8. The zero-order valence-corrected chi connectivity index (χ0v) is 16.3. The maximum Gasteiger partial charge on any atom is 0.179 e. The van der Waals surface area contributed by atoms with Crippen molar-refractivity contribution in [2.75, 3.05) is 13.7 Å². The second-order valence-electron chi connectivity index (χ2n) is 5.18. The summed E-state index contributed by atoms with van der Waals surface area (Å²) in [6.07, 6.45) is 2.53. The van der Waals surface area contributed by atoms with Crippen LogP contribution in [0, 0.1) is 0 Å². The summed E-state index contributed by atoms with van der Waals surface area (Å²) in [6, 6.07) is 8.95. The predicted molar refractivity (Wildman–Crippen MR) is 105 cm³/mol. The standard InChI is InChI=1S/C18H19Cl3N2O2/c1-3-7-25-18-16(21)8-12(9-17(18)24-2)10-22-23-11-13-14(19)5-4-6-15(13)20/h4-6,8-10,23H,3,7,11H2,1-2H3/b22-10-. The minimum Gasteiger partial charge on any atom is -0.493 e. The smallest absolute Gasteiger partial charge is 0.179 e. The molecule has 0 aliphatic carbocycles. The maximum absolute atomic E-state index is 6.28. The Kier molecular flexibility index (Phi) is 7.69. The summed E-state index contributed by atoms with van der Waals surface area (Å²) in [5, 5.41) is 5.85. The zero-order valence-electron chi connectivity index (χ0n) is 14.0. The van der Waals surface area contributed by atoms with Gasteiger partial charge < -0.3 is 14.9 Å². The van der Waals surface area contributed by atoms with E-state index in [1.807, 2.05) is 13.0 Å². The fourth-order valence-electron chi connectivity index (χ4n) is 2.10. The highest BCUT2D eigenvalue weighted by Gasteiger charge is 2.11. The van der Waals surface area contributed by atoms with Crippen LogP contribution in [-0.4, -0.2) is 19.9 Å². The van der Waals surface area contributed by atoms with Gasteiger partial charge in [0.15, 0.2) is 11.5 Å². The van der Waals surface area contributed by atoms with E-state index in [0.717, 1.165) is 17.5 Å². The van der Waals surface area contributed by atoms with Crippen LogP contribution in [0.2, 0.25) is 15.1 Å². The first-order chi connectivity index (χ1) is 12.1. The maximum atomic E-state index is 6.28. The number of nitrogens with one attached hydrogen (secondary N) is 1. The van der Waals surface area contributed by atoms with E-state index in [4.69, 9.17) is 44.3 Å². The van der Waals surface area contributed by atoms with Gasteiger partial charge in [0.25, 0.3) is 0 Å². The molecule has 0 fully saturated rings. The molecule has 0 aromatic heterocycles. The average Bonchev–Trinajstić information content (AvgIpc) is 2.59. The highest BCUT2D eigenvalue weighted by atomic mass is 35.5. The second kappa shape index (κ2) is 9.76. The van der Waals surface area contributed by atoms with Gasteiger partial charge in [0.05, 0.1) is 31.5 Å². The van der Waals surface area contributed by atoms with E-state index in [0.29, 0.717) is 39.7 Å². The van der Waals surface area contributed by atoms with Gasteiger partial charge in [-0.2, -0.15) is 5.10 Å². The van der Waals surface area contributed by atoms with E-state index in [-0.39, 0.29) is 0 Å². The Bertz CT molecular complexity index is 731. The lowest BCUT2D eigenvalue weighted by Gasteiger charge is -2.12. The van der Waals surface area contributed by atoms with Gasteiger partial charge in [0.1, 0.15) is 0 Å². The van der Waals surface area contributed by atoms with Crippen molar-refractivity contribution >= 4 is 41.0 Å². The number of nitrogens with zero attached hydrogens (tertiary/aromatic N) is 1. The van der Waals surface area contributed by atoms with Crippen LogP contribution in [0.15, 0.2) is 35.4 Å². The molecule has 2 rings (SSSR count). The van der Waals surface area contributed by atoms with Gasteiger partial charge in [0.2, 0.25) is 0 Å². The lowest BCUT2D eigenvalue weighted by molar-refractivity contribution is 0.294. The van der Waals surface area contributed by atoms with Gasteiger partial charge in [-0.15, -0.1) is 0 Å². The van der Waals surface area contributed by atoms with E-state index in [1.165, 1.54) is 0 Å². The predicted octanol–water partition coefficient (Wildman–Crippen LogP) is 5.57. The summed E-state index contributed by atoms with van der Waals surface area (Å²) in [6.45, 7) is 3.01. The largest absolute Gasteiger partial charge is 0.493 e. The van der Waals surface area contributed by atoms with Crippen LogP contribution in [-0.2, 0) is 6.54 Å². The first kappa shape index (κ1) is 19.7. The fraction of sp³-hybridized carbons (Fsp3) is 0.278. The Balaban J connectivity index is 2.07. The number of benzene rings is 2. The van der Waals surface area contributed by atoms with Crippen LogP contribution in [0.3, 0.4) is 0 Å². The number of hydrogen-bond acceptors (Lipinski definition) is 4. The third kappa shape index (κ3) is 5.43. The number of ether oxygens (including phenoxy) is 2. The number of methoxy groups -OCH3 is 1. The molecule has 0 saturated heterocycles. The number of halogens is 3. The molecule has 1 N–H and O–H groups in total. The molecule has 2 aromatic rings. The number of hydrazone groups is 1. The molecule has 0 aliphatic rings. The summed E-state index contributed by atoms with van der Waals surface area (Å²) >= 11 is 18.5. The third-order valence-corrected chi connectivity index (χ3v) is 4.31. The summed E-state index contributed by atoms with van der Waals surface area (Å²) in [5.41, 5.74) is 4.50. The van der Waals surface area contributed by atoms with Crippen molar-refractivity contribution < 1.29 is 9.47 Å². The SMILES string of the molecule is CCCOc1c(Cl)cc(/C=N\NCc2c(Cl)cccc2Cl)cc1OC. The molecule has 134 valence electrons. The van der Waals surface area contributed by atoms with Gasteiger partial charge in [-0.25, -0.2) is 0 Å². The topological polar surface area (TPSA) is 42.8 Å². The molecule has 0 heterocycles. The Hall–Kier alpha value is -1.62. The summed E-state index contributed by atoms with van der Waals surface area (Å²) in [5.74, 6) is 1.11. The molecule has 0 atom stereocenters. The molecule has 7 heteroatoms. The van der Waals surface area contributed by atoms with Gasteiger partial charge in [-0.05, 0) is 36.2 Å². The minimum absolute atomic E-state index is 0.414. The molecule has 25 heavy (non-hydrogen) atoms. The van der Waals surface area contributed by atoms with E-state index < -0.39 is 0 Å². The van der Waals surface area contributed by atoms with Gasteiger partial charge in [-0.3, -0.25) is 0 Å². The second-order valence-corrected chi connectivity index (χ2v) is 6.40. The third-order valence-electron chi connectivity index (χ3n) is 3.32. The lowest BCUT2D eigenvalue weighted by atomic mass is 10.2. The van der Waals surface area contributed by atoms with Crippen LogP contribution in [0.4, 0.5) is 0 Å². The molecule has 0 unspecified atom stereocenters. The summed E-state index contributed by atoms with van der Waals surface area (Å²) in [4.78, 5) is 0. The normalized spacial score (nSPS) is 10.9. The zero-order chi connectivity index (χ0) is 18.2. The average molecular weight is 402 g/mol. The van der Waals surface area contributed by atoms with Crippen LogP contribution < -0.4 is 14.9 Å². The molecule has 0 amide bonds. The van der Waals surface area contributed by atoms with Gasteiger partial charge in [-0.1, -0.05) is 47.8 Å². The van der Waals surface area contributed by atoms with Crippen molar-refractivity contribution in [3.63, 3.8) is 0 Å². The summed E-state index contributed by atoms with van der Waals surface area (Å²) < 4.78 is 11.0. The van der Waals surface area contributed by atoms with E-state index in [9.17, 15) is 0 Å². The molecule has 0 bridgehead atoms. The molecule has 2 aromatic carbocycles. The molecule has 4 nitrogen and oxygen atoms in total. The first-order valence-electron chi connectivity index (χ1n) is 7.76. The van der Waals surface area contributed by atoms with Crippen molar-refractivity contribution in [1.82, 2.24) is 5.43 Å². The van der Waals surface area contributed by atoms with Crippen molar-refractivity contribution in [1.29, 1.82) is 0 Å². The Morgan fingerprint density at radius 1 is 1.12 bits per heavy atom. The molecular formula is C18H19Cl3N2O2. The molecule has 0 saturated carbocycles. The van der Waals surface area contributed by atoms with E-state index in [1.54, 1.807) is 37.6 Å². The van der Waals surface area contributed by atoms with Crippen LogP contribution in [0.25, 0.3) is 0 Å². The molecule has 0 spiro atoms. The van der Waals surface area contributed by atoms with Crippen LogP contribution >= 0.6 is 34.8 Å². The Morgan fingerprint density at radius 3 is 2.48 bits per heavy atom. The van der Waals surface area contributed by atoms with E-state index in [2.05, 4.69) is 10.5 Å². The van der Waals surface area contributed by atoms with Gasteiger partial charge in [0, 0.05) is 15.6 Å². The van der Waals surface area contributed by atoms with Crippen molar-refractivity contribution in [3.05, 3.63) is 56.5 Å². The Labute approximate surface area is 162 Å².